The Morgan fingerprint density at radius 3 is 2.92 bits per heavy atom. The van der Waals surface area contributed by atoms with Crippen LogP contribution in [0.5, 0.6) is 0 Å². The molecule has 1 N–H and O–H groups in total. The fourth-order valence-electron chi connectivity index (χ4n) is 1.08. The maximum absolute atomic E-state index is 9.42. The van der Waals surface area contributed by atoms with E-state index in [4.69, 9.17) is 5.26 Å². The van der Waals surface area contributed by atoms with Crippen LogP contribution in [0.4, 0.5) is 0 Å². The molecule has 1 aromatic rings. The first kappa shape index (κ1) is 8.76. The van der Waals surface area contributed by atoms with Crippen molar-refractivity contribution in [2.24, 2.45) is 0 Å². The van der Waals surface area contributed by atoms with E-state index in [0.29, 0.717) is 0 Å². The SMILES string of the molecule is Cc1cccc([C@H](O)CC#N)c1. The summed E-state index contributed by atoms with van der Waals surface area (Å²) in [4.78, 5) is 0. The number of nitriles is 1. The van der Waals surface area contributed by atoms with E-state index in [1.54, 1.807) is 0 Å². The Morgan fingerprint density at radius 2 is 2.33 bits per heavy atom. The molecule has 0 aliphatic carbocycles. The average Bonchev–Trinajstić information content (AvgIpc) is 2.05. The maximum atomic E-state index is 9.42. The zero-order valence-electron chi connectivity index (χ0n) is 6.99. The van der Waals surface area contributed by atoms with Crippen molar-refractivity contribution >= 4 is 0 Å². The Hall–Kier alpha value is -1.33. The van der Waals surface area contributed by atoms with Gasteiger partial charge in [0.15, 0.2) is 0 Å². The smallest absolute Gasteiger partial charge is 0.0920 e. The summed E-state index contributed by atoms with van der Waals surface area (Å²) in [6.07, 6.45) is -0.487. The second kappa shape index (κ2) is 3.89. The maximum Gasteiger partial charge on any atom is 0.0920 e. The summed E-state index contributed by atoms with van der Waals surface area (Å²) in [5.74, 6) is 0. The molecular formula is C10H11NO. The molecule has 0 heterocycles. The molecule has 0 spiro atoms. The summed E-state index contributed by atoms with van der Waals surface area (Å²) in [6, 6.07) is 9.50. The first-order valence-corrected chi connectivity index (χ1v) is 3.85. The molecule has 62 valence electrons. The van der Waals surface area contributed by atoms with Crippen LogP contribution in [-0.4, -0.2) is 5.11 Å². The molecule has 0 aromatic heterocycles. The summed E-state index contributed by atoms with van der Waals surface area (Å²) in [5, 5.41) is 17.8. The highest BCUT2D eigenvalue weighted by Crippen LogP contribution is 2.16. The zero-order chi connectivity index (χ0) is 8.97. The van der Waals surface area contributed by atoms with Crippen molar-refractivity contribution in [1.29, 1.82) is 5.26 Å². The fraction of sp³-hybridized carbons (Fsp3) is 0.300. The highest BCUT2D eigenvalue weighted by molar-refractivity contribution is 5.24. The van der Waals surface area contributed by atoms with Gasteiger partial charge in [0.05, 0.1) is 18.6 Å². The van der Waals surface area contributed by atoms with Gasteiger partial charge >= 0.3 is 0 Å². The first-order chi connectivity index (χ1) is 5.74. The molecule has 0 saturated carbocycles. The molecule has 1 aromatic carbocycles. The largest absolute Gasteiger partial charge is 0.387 e. The van der Waals surface area contributed by atoms with Crippen molar-refractivity contribution in [3.63, 3.8) is 0 Å². The van der Waals surface area contributed by atoms with Gasteiger partial charge in [0.1, 0.15) is 0 Å². The van der Waals surface area contributed by atoms with Crippen LogP contribution in [0, 0.1) is 18.3 Å². The van der Waals surface area contributed by atoms with Crippen LogP contribution < -0.4 is 0 Å². The van der Waals surface area contributed by atoms with Crippen LogP contribution in [-0.2, 0) is 0 Å². The Kier molecular flexibility index (Phi) is 2.84. The minimum atomic E-state index is -0.644. The Bertz CT molecular complexity index is 301. The summed E-state index contributed by atoms with van der Waals surface area (Å²) < 4.78 is 0. The standard InChI is InChI=1S/C10H11NO/c1-8-3-2-4-9(7-8)10(12)5-6-11/h2-4,7,10,12H,5H2,1H3/t10-/m1/s1. The predicted octanol–water partition coefficient (Wildman–Crippen LogP) is 1.94. The lowest BCUT2D eigenvalue weighted by Crippen LogP contribution is -1.95. The highest BCUT2D eigenvalue weighted by Gasteiger charge is 2.05. The van der Waals surface area contributed by atoms with Crippen molar-refractivity contribution < 1.29 is 5.11 Å². The van der Waals surface area contributed by atoms with E-state index in [9.17, 15) is 5.11 Å². The molecule has 0 aliphatic heterocycles. The van der Waals surface area contributed by atoms with E-state index in [-0.39, 0.29) is 6.42 Å². The zero-order valence-corrected chi connectivity index (χ0v) is 6.99. The third-order valence-electron chi connectivity index (χ3n) is 1.71. The van der Waals surface area contributed by atoms with Gasteiger partial charge in [-0.3, -0.25) is 0 Å². The first-order valence-electron chi connectivity index (χ1n) is 3.85. The second-order valence-electron chi connectivity index (χ2n) is 2.79. The lowest BCUT2D eigenvalue weighted by atomic mass is 10.1. The van der Waals surface area contributed by atoms with Crippen LogP contribution in [0.15, 0.2) is 24.3 Å². The normalized spacial score (nSPS) is 12.1. The molecule has 1 rings (SSSR count). The molecule has 0 radical (unpaired) electrons. The topological polar surface area (TPSA) is 44.0 Å². The van der Waals surface area contributed by atoms with Gasteiger partial charge in [0.2, 0.25) is 0 Å². The van der Waals surface area contributed by atoms with Crippen LogP contribution in [0.25, 0.3) is 0 Å². The van der Waals surface area contributed by atoms with Crippen molar-refractivity contribution in [2.75, 3.05) is 0 Å². The van der Waals surface area contributed by atoms with E-state index in [1.807, 2.05) is 37.3 Å². The van der Waals surface area contributed by atoms with Gasteiger partial charge in [-0.1, -0.05) is 29.8 Å². The quantitative estimate of drug-likeness (QED) is 0.720. The van der Waals surface area contributed by atoms with Crippen LogP contribution >= 0.6 is 0 Å². The Labute approximate surface area is 72.1 Å². The van der Waals surface area contributed by atoms with E-state index >= 15 is 0 Å². The fourth-order valence-corrected chi connectivity index (χ4v) is 1.08. The molecular weight excluding hydrogens is 150 g/mol. The molecule has 0 aliphatic rings. The molecule has 0 unspecified atom stereocenters. The number of aliphatic hydroxyl groups is 1. The molecule has 0 bridgehead atoms. The summed E-state index contributed by atoms with van der Waals surface area (Å²) in [6.45, 7) is 1.96. The van der Waals surface area contributed by atoms with Crippen LogP contribution in [0.3, 0.4) is 0 Å². The minimum Gasteiger partial charge on any atom is -0.387 e. The number of hydrogen-bond donors (Lipinski definition) is 1. The number of aryl methyl sites for hydroxylation is 1. The van der Waals surface area contributed by atoms with Gasteiger partial charge < -0.3 is 5.11 Å². The molecule has 0 fully saturated rings. The lowest BCUT2D eigenvalue weighted by Gasteiger charge is -2.06. The molecule has 2 nitrogen and oxygen atoms in total. The van der Waals surface area contributed by atoms with Gasteiger partial charge in [-0.2, -0.15) is 5.26 Å². The third-order valence-corrected chi connectivity index (χ3v) is 1.71. The van der Waals surface area contributed by atoms with Crippen molar-refractivity contribution in [2.45, 2.75) is 19.4 Å². The van der Waals surface area contributed by atoms with Crippen molar-refractivity contribution in [3.8, 4) is 6.07 Å². The van der Waals surface area contributed by atoms with Gasteiger partial charge in [0, 0.05) is 0 Å². The van der Waals surface area contributed by atoms with E-state index < -0.39 is 6.10 Å². The van der Waals surface area contributed by atoms with Crippen LogP contribution in [0.2, 0.25) is 0 Å². The Balaban J connectivity index is 2.82. The van der Waals surface area contributed by atoms with Gasteiger partial charge in [-0.05, 0) is 12.5 Å². The summed E-state index contributed by atoms with van der Waals surface area (Å²) in [5.41, 5.74) is 1.92. The van der Waals surface area contributed by atoms with Gasteiger partial charge in [0.25, 0.3) is 0 Å². The van der Waals surface area contributed by atoms with Crippen molar-refractivity contribution in [1.82, 2.24) is 0 Å². The highest BCUT2D eigenvalue weighted by atomic mass is 16.3. The van der Waals surface area contributed by atoms with Gasteiger partial charge in [-0.15, -0.1) is 0 Å². The number of rotatable bonds is 2. The monoisotopic (exact) mass is 161 g/mol. The molecule has 12 heavy (non-hydrogen) atoms. The molecule has 1 atom stereocenters. The molecule has 0 amide bonds. The predicted molar refractivity (Wildman–Crippen MR) is 46.4 cm³/mol. The van der Waals surface area contributed by atoms with E-state index in [0.717, 1.165) is 11.1 Å². The summed E-state index contributed by atoms with van der Waals surface area (Å²) in [7, 11) is 0. The number of nitrogens with zero attached hydrogens (tertiary/aromatic N) is 1. The summed E-state index contributed by atoms with van der Waals surface area (Å²) >= 11 is 0. The minimum absolute atomic E-state index is 0.156. The van der Waals surface area contributed by atoms with Crippen molar-refractivity contribution in [3.05, 3.63) is 35.4 Å². The lowest BCUT2D eigenvalue weighted by molar-refractivity contribution is 0.183. The average molecular weight is 161 g/mol. The number of benzene rings is 1. The van der Waals surface area contributed by atoms with Crippen LogP contribution in [0.1, 0.15) is 23.7 Å². The Morgan fingerprint density at radius 1 is 1.58 bits per heavy atom. The third kappa shape index (κ3) is 2.08. The molecule has 0 saturated heterocycles. The van der Waals surface area contributed by atoms with Gasteiger partial charge in [-0.25, -0.2) is 0 Å². The van der Waals surface area contributed by atoms with E-state index in [2.05, 4.69) is 0 Å². The number of aliphatic hydroxyl groups excluding tert-OH is 1. The number of hydrogen-bond acceptors (Lipinski definition) is 2. The van der Waals surface area contributed by atoms with E-state index in [1.165, 1.54) is 0 Å². The molecule has 2 heteroatoms. The second-order valence-corrected chi connectivity index (χ2v) is 2.79.